The lowest BCUT2D eigenvalue weighted by Crippen LogP contribution is -2.37. The van der Waals surface area contributed by atoms with Gasteiger partial charge in [-0.1, -0.05) is 0 Å². The van der Waals surface area contributed by atoms with Crippen LogP contribution < -0.4 is 10.1 Å². The molecular formula is C19H24N4O3. The third-order valence-electron chi connectivity index (χ3n) is 4.46. The molecule has 2 amide bonds. The number of aryl methyl sites for hydroxylation is 1. The van der Waals surface area contributed by atoms with E-state index >= 15 is 0 Å². The molecule has 1 fully saturated rings. The van der Waals surface area contributed by atoms with Crippen molar-refractivity contribution >= 4 is 17.5 Å². The van der Waals surface area contributed by atoms with Gasteiger partial charge in [0.15, 0.2) is 0 Å². The van der Waals surface area contributed by atoms with Gasteiger partial charge >= 0.3 is 0 Å². The number of rotatable bonds is 5. The summed E-state index contributed by atoms with van der Waals surface area (Å²) in [6, 6.07) is 6.90. The summed E-state index contributed by atoms with van der Waals surface area (Å²) in [6.45, 7) is 3.97. The van der Waals surface area contributed by atoms with Crippen molar-refractivity contribution in [2.24, 2.45) is 7.05 Å². The number of anilines is 1. The zero-order valence-corrected chi connectivity index (χ0v) is 15.2. The Morgan fingerprint density at radius 2 is 1.85 bits per heavy atom. The number of ether oxygens (including phenoxy) is 1. The maximum absolute atomic E-state index is 12.8. The molecule has 1 saturated heterocycles. The molecule has 7 nitrogen and oxygen atoms in total. The maximum atomic E-state index is 12.8. The van der Waals surface area contributed by atoms with Crippen molar-refractivity contribution in [3.63, 3.8) is 0 Å². The Labute approximate surface area is 152 Å². The molecule has 2 heterocycles. The lowest BCUT2D eigenvalue weighted by atomic mass is 10.1. The van der Waals surface area contributed by atoms with Gasteiger partial charge in [-0.2, -0.15) is 5.10 Å². The van der Waals surface area contributed by atoms with Crippen molar-refractivity contribution in [3.8, 4) is 5.75 Å². The second-order valence-electron chi connectivity index (χ2n) is 6.29. The summed E-state index contributed by atoms with van der Waals surface area (Å²) in [5.74, 6) is 0.340. The van der Waals surface area contributed by atoms with Crippen LogP contribution in [-0.4, -0.2) is 46.2 Å². The van der Waals surface area contributed by atoms with E-state index in [1.807, 2.05) is 11.8 Å². The molecule has 0 saturated carbocycles. The number of carbonyl (C=O) groups is 2. The van der Waals surface area contributed by atoms with Crippen LogP contribution in [0.5, 0.6) is 5.75 Å². The van der Waals surface area contributed by atoms with E-state index in [1.165, 1.54) is 10.9 Å². The molecule has 0 bridgehead atoms. The highest BCUT2D eigenvalue weighted by Gasteiger charge is 2.25. The maximum Gasteiger partial charge on any atom is 0.274 e. The van der Waals surface area contributed by atoms with Crippen LogP contribution in [0.4, 0.5) is 5.69 Å². The Morgan fingerprint density at radius 1 is 1.15 bits per heavy atom. The highest BCUT2D eigenvalue weighted by molar-refractivity contribution is 6.08. The molecule has 26 heavy (non-hydrogen) atoms. The number of nitrogens with one attached hydrogen (secondary N) is 1. The fraction of sp³-hybridized carbons (Fsp3) is 0.421. The van der Waals surface area contributed by atoms with Crippen molar-refractivity contribution in [2.45, 2.75) is 26.2 Å². The van der Waals surface area contributed by atoms with Gasteiger partial charge < -0.3 is 15.0 Å². The largest absolute Gasteiger partial charge is 0.494 e. The van der Waals surface area contributed by atoms with Crippen LogP contribution in [0.2, 0.25) is 0 Å². The first-order chi connectivity index (χ1) is 12.6. The minimum absolute atomic E-state index is 0.0910. The number of amides is 2. The molecule has 0 radical (unpaired) electrons. The van der Waals surface area contributed by atoms with Gasteiger partial charge in [0.1, 0.15) is 11.4 Å². The number of piperidine rings is 1. The van der Waals surface area contributed by atoms with Crippen LogP contribution >= 0.6 is 0 Å². The number of nitrogens with zero attached hydrogens (tertiary/aromatic N) is 3. The van der Waals surface area contributed by atoms with Crippen LogP contribution in [0.25, 0.3) is 0 Å². The van der Waals surface area contributed by atoms with Gasteiger partial charge in [0.2, 0.25) is 0 Å². The number of likely N-dealkylation sites (tertiary alicyclic amines) is 1. The number of benzene rings is 1. The lowest BCUT2D eigenvalue weighted by Gasteiger charge is -2.27. The van der Waals surface area contributed by atoms with Gasteiger partial charge in [0.05, 0.1) is 18.5 Å². The van der Waals surface area contributed by atoms with Crippen molar-refractivity contribution in [1.29, 1.82) is 0 Å². The first-order valence-corrected chi connectivity index (χ1v) is 8.95. The van der Waals surface area contributed by atoms with Crippen LogP contribution in [0.15, 0.2) is 30.5 Å². The van der Waals surface area contributed by atoms with E-state index in [9.17, 15) is 9.59 Å². The first-order valence-electron chi connectivity index (χ1n) is 8.95. The third kappa shape index (κ3) is 3.87. The van der Waals surface area contributed by atoms with Crippen LogP contribution in [-0.2, 0) is 7.05 Å². The second-order valence-corrected chi connectivity index (χ2v) is 6.29. The predicted octanol–water partition coefficient (Wildman–Crippen LogP) is 2.70. The molecule has 1 aromatic carbocycles. The first kappa shape index (κ1) is 18.0. The lowest BCUT2D eigenvalue weighted by molar-refractivity contribution is 0.0714. The van der Waals surface area contributed by atoms with E-state index in [-0.39, 0.29) is 11.8 Å². The smallest absolute Gasteiger partial charge is 0.274 e. The Morgan fingerprint density at radius 3 is 2.50 bits per heavy atom. The zero-order valence-electron chi connectivity index (χ0n) is 15.2. The van der Waals surface area contributed by atoms with E-state index in [4.69, 9.17) is 4.74 Å². The molecule has 1 N–H and O–H groups in total. The molecule has 1 aromatic heterocycles. The Balaban J connectivity index is 1.75. The van der Waals surface area contributed by atoms with Gasteiger partial charge in [-0.05, 0) is 50.5 Å². The van der Waals surface area contributed by atoms with Crippen molar-refractivity contribution < 1.29 is 14.3 Å². The summed E-state index contributed by atoms with van der Waals surface area (Å²) in [7, 11) is 1.71. The quantitative estimate of drug-likeness (QED) is 0.894. The summed E-state index contributed by atoms with van der Waals surface area (Å²) in [5, 5.41) is 6.96. The van der Waals surface area contributed by atoms with Crippen molar-refractivity contribution in [3.05, 3.63) is 41.7 Å². The van der Waals surface area contributed by atoms with Crippen molar-refractivity contribution in [1.82, 2.24) is 14.7 Å². The van der Waals surface area contributed by atoms with E-state index in [2.05, 4.69) is 10.4 Å². The molecule has 2 aromatic rings. The molecule has 0 atom stereocenters. The molecule has 0 spiro atoms. The van der Waals surface area contributed by atoms with E-state index in [1.54, 1.807) is 31.3 Å². The van der Waals surface area contributed by atoms with Crippen LogP contribution in [0.3, 0.4) is 0 Å². The second kappa shape index (κ2) is 8.03. The topological polar surface area (TPSA) is 76.5 Å². The standard InChI is InChI=1S/C19H24N4O3/c1-3-26-15-9-7-14(8-10-15)18(24)21-16-13-20-22(2)17(16)19(25)23-11-5-4-6-12-23/h7-10,13H,3-6,11-12H2,1-2H3,(H,21,24). The van der Waals surface area contributed by atoms with Crippen LogP contribution in [0.1, 0.15) is 47.0 Å². The number of hydrogen-bond acceptors (Lipinski definition) is 4. The van der Waals surface area contributed by atoms with Crippen molar-refractivity contribution in [2.75, 3.05) is 25.0 Å². The monoisotopic (exact) mass is 356 g/mol. The predicted molar refractivity (Wildman–Crippen MR) is 98.5 cm³/mol. The zero-order chi connectivity index (χ0) is 18.5. The highest BCUT2D eigenvalue weighted by Crippen LogP contribution is 2.21. The molecule has 138 valence electrons. The normalized spacial score (nSPS) is 14.2. The van der Waals surface area contributed by atoms with Gasteiger partial charge in [0.25, 0.3) is 11.8 Å². The minimum atomic E-state index is -0.284. The molecule has 0 aliphatic carbocycles. The SMILES string of the molecule is CCOc1ccc(C(=O)Nc2cnn(C)c2C(=O)N2CCCCC2)cc1. The highest BCUT2D eigenvalue weighted by atomic mass is 16.5. The summed E-state index contributed by atoms with van der Waals surface area (Å²) in [5.41, 5.74) is 1.34. The van der Waals surface area contributed by atoms with E-state index in [0.29, 0.717) is 29.3 Å². The fourth-order valence-electron chi connectivity index (χ4n) is 3.09. The molecule has 1 aliphatic heterocycles. The average molecular weight is 356 g/mol. The summed E-state index contributed by atoms with van der Waals surface area (Å²) >= 11 is 0. The minimum Gasteiger partial charge on any atom is -0.494 e. The molecule has 1 aliphatic rings. The fourth-order valence-corrected chi connectivity index (χ4v) is 3.09. The Kier molecular flexibility index (Phi) is 5.55. The number of carbonyl (C=O) groups excluding carboxylic acids is 2. The van der Waals surface area contributed by atoms with E-state index < -0.39 is 0 Å². The van der Waals surface area contributed by atoms with Gasteiger partial charge in [-0.3, -0.25) is 14.3 Å². The third-order valence-corrected chi connectivity index (χ3v) is 4.46. The van der Waals surface area contributed by atoms with E-state index in [0.717, 1.165) is 32.4 Å². The summed E-state index contributed by atoms with van der Waals surface area (Å²) in [4.78, 5) is 27.2. The van der Waals surface area contributed by atoms with Crippen LogP contribution in [0, 0.1) is 0 Å². The Bertz CT molecular complexity index is 777. The average Bonchev–Trinajstić information content (AvgIpc) is 3.03. The Hall–Kier alpha value is -2.83. The molecule has 0 unspecified atom stereocenters. The van der Waals surface area contributed by atoms with Gasteiger partial charge in [-0.25, -0.2) is 0 Å². The molecule has 3 rings (SSSR count). The molecular weight excluding hydrogens is 332 g/mol. The van der Waals surface area contributed by atoms with Gasteiger partial charge in [-0.15, -0.1) is 0 Å². The summed E-state index contributed by atoms with van der Waals surface area (Å²) in [6.07, 6.45) is 4.69. The summed E-state index contributed by atoms with van der Waals surface area (Å²) < 4.78 is 6.90. The number of aromatic nitrogens is 2. The molecule has 7 heteroatoms. The van der Waals surface area contributed by atoms with Gasteiger partial charge in [0, 0.05) is 25.7 Å². The number of hydrogen-bond donors (Lipinski definition) is 1.